The molecule has 1 fully saturated rings. The topological polar surface area (TPSA) is 52.6 Å². The first-order valence-corrected chi connectivity index (χ1v) is 8.76. The summed E-state index contributed by atoms with van der Waals surface area (Å²) in [4.78, 5) is 14.4. The van der Waals surface area contributed by atoms with Crippen LogP contribution in [0.4, 0.5) is 0 Å². The Kier molecular flexibility index (Phi) is 6.67. The molecule has 21 heavy (non-hydrogen) atoms. The zero-order valence-electron chi connectivity index (χ0n) is 12.8. The number of thiophene rings is 1. The van der Waals surface area contributed by atoms with Crippen molar-refractivity contribution in [3.63, 3.8) is 0 Å². The van der Waals surface area contributed by atoms with Crippen molar-refractivity contribution in [2.24, 2.45) is 0 Å². The SMILES string of the molecule is CN(CCCNCc1cc(C(=O)O)cs1)C1CCCCC1. The lowest BCUT2D eigenvalue weighted by molar-refractivity contribution is 0.0697. The van der Waals surface area contributed by atoms with E-state index in [9.17, 15) is 4.79 Å². The van der Waals surface area contributed by atoms with E-state index in [1.54, 1.807) is 11.4 Å². The van der Waals surface area contributed by atoms with Gasteiger partial charge in [-0.25, -0.2) is 4.79 Å². The second-order valence-corrected chi connectivity index (χ2v) is 6.91. The summed E-state index contributed by atoms with van der Waals surface area (Å²) in [5, 5.41) is 14.0. The maximum atomic E-state index is 10.8. The van der Waals surface area contributed by atoms with Gasteiger partial charge in [0.25, 0.3) is 0 Å². The molecule has 0 atom stereocenters. The third-order valence-electron chi connectivity index (χ3n) is 4.26. The van der Waals surface area contributed by atoms with Crippen LogP contribution in [0.5, 0.6) is 0 Å². The average Bonchev–Trinajstić information content (AvgIpc) is 2.97. The molecule has 0 unspecified atom stereocenters. The minimum absolute atomic E-state index is 0.397. The maximum absolute atomic E-state index is 10.8. The van der Waals surface area contributed by atoms with Gasteiger partial charge in [-0.2, -0.15) is 0 Å². The van der Waals surface area contributed by atoms with Gasteiger partial charge in [0.1, 0.15) is 0 Å². The number of nitrogens with one attached hydrogen (secondary N) is 1. The van der Waals surface area contributed by atoms with Crippen molar-refractivity contribution >= 4 is 17.3 Å². The summed E-state index contributed by atoms with van der Waals surface area (Å²) in [5.74, 6) is -0.841. The Labute approximate surface area is 131 Å². The number of nitrogens with zero attached hydrogens (tertiary/aromatic N) is 1. The molecule has 1 aromatic heterocycles. The fourth-order valence-electron chi connectivity index (χ4n) is 2.95. The second-order valence-electron chi connectivity index (χ2n) is 5.91. The molecule has 1 saturated carbocycles. The highest BCUT2D eigenvalue weighted by atomic mass is 32.1. The fourth-order valence-corrected chi connectivity index (χ4v) is 3.78. The molecule has 0 spiro atoms. The predicted molar refractivity (Wildman–Crippen MR) is 87.1 cm³/mol. The number of carboxylic acid groups (broad SMARTS) is 1. The van der Waals surface area contributed by atoms with Crippen molar-refractivity contribution in [3.8, 4) is 0 Å². The summed E-state index contributed by atoms with van der Waals surface area (Å²) >= 11 is 1.51. The Morgan fingerprint density at radius 2 is 2.19 bits per heavy atom. The number of hydrogen-bond donors (Lipinski definition) is 2. The molecule has 1 aliphatic carbocycles. The lowest BCUT2D eigenvalue weighted by atomic mass is 9.94. The van der Waals surface area contributed by atoms with Crippen LogP contribution >= 0.6 is 11.3 Å². The molecule has 0 radical (unpaired) electrons. The third-order valence-corrected chi connectivity index (χ3v) is 5.20. The largest absolute Gasteiger partial charge is 0.478 e. The Hall–Kier alpha value is -0.910. The predicted octanol–water partition coefficient (Wildman–Crippen LogP) is 3.19. The lowest BCUT2D eigenvalue weighted by Gasteiger charge is -2.31. The summed E-state index contributed by atoms with van der Waals surface area (Å²) in [7, 11) is 2.24. The van der Waals surface area contributed by atoms with Crippen molar-refractivity contribution in [1.82, 2.24) is 10.2 Å². The van der Waals surface area contributed by atoms with Crippen molar-refractivity contribution in [3.05, 3.63) is 21.9 Å². The monoisotopic (exact) mass is 310 g/mol. The molecular weight excluding hydrogens is 284 g/mol. The third kappa shape index (κ3) is 5.41. The first-order chi connectivity index (χ1) is 10.2. The Balaban J connectivity index is 1.57. The normalized spacial score (nSPS) is 16.5. The van der Waals surface area contributed by atoms with Gasteiger partial charge in [0.05, 0.1) is 5.56 Å². The van der Waals surface area contributed by atoms with E-state index in [2.05, 4.69) is 17.3 Å². The molecule has 0 aromatic carbocycles. The quantitative estimate of drug-likeness (QED) is 0.724. The molecular formula is C16H26N2O2S. The second kappa shape index (κ2) is 8.51. The van der Waals surface area contributed by atoms with E-state index in [0.717, 1.165) is 37.0 Å². The van der Waals surface area contributed by atoms with Crippen LogP contribution in [0.3, 0.4) is 0 Å². The highest BCUT2D eigenvalue weighted by Gasteiger charge is 2.17. The average molecular weight is 310 g/mol. The van der Waals surface area contributed by atoms with Crippen LogP contribution in [0.15, 0.2) is 11.4 Å². The minimum atomic E-state index is -0.841. The van der Waals surface area contributed by atoms with Gasteiger partial charge >= 0.3 is 5.97 Å². The molecule has 0 amide bonds. The molecule has 5 heteroatoms. The summed E-state index contributed by atoms with van der Waals surface area (Å²) in [6.45, 7) is 2.89. The van der Waals surface area contributed by atoms with Gasteiger partial charge < -0.3 is 15.3 Å². The van der Waals surface area contributed by atoms with E-state index in [1.165, 1.54) is 43.4 Å². The van der Waals surface area contributed by atoms with E-state index in [0.29, 0.717) is 5.56 Å². The van der Waals surface area contributed by atoms with Gasteiger partial charge in [-0.05, 0) is 45.5 Å². The molecule has 2 N–H and O–H groups in total. The van der Waals surface area contributed by atoms with Crippen LogP contribution in [-0.4, -0.2) is 42.2 Å². The molecule has 1 aromatic rings. The van der Waals surface area contributed by atoms with Gasteiger partial charge in [-0.1, -0.05) is 19.3 Å². The highest BCUT2D eigenvalue weighted by Crippen LogP contribution is 2.21. The highest BCUT2D eigenvalue weighted by molar-refractivity contribution is 7.10. The standard InChI is InChI=1S/C16H26N2O2S/c1-18(14-6-3-2-4-7-14)9-5-8-17-11-15-10-13(12-21-15)16(19)20/h10,12,14,17H,2-9,11H2,1H3,(H,19,20). The number of aromatic carboxylic acids is 1. The molecule has 118 valence electrons. The molecule has 1 heterocycles. The van der Waals surface area contributed by atoms with E-state index in [4.69, 9.17) is 5.11 Å². The summed E-state index contributed by atoms with van der Waals surface area (Å²) in [6.07, 6.45) is 8.04. The Morgan fingerprint density at radius 1 is 1.43 bits per heavy atom. The van der Waals surface area contributed by atoms with Gasteiger partial charge in [0.15, 0.2) is 0 Å². The van der Waals surface area contributed by atoms with E-state index in [-0.39, 0.29) is 0 Å². The smallest absolute Gasteiger partial charge is 0.336 e. The number of hydrogen-bond acceptors (Lipinski definition) is 4. The van der Waals surface area contributed by atoms with Crippen LogP contribution in [0.2, 0.25) is 0 Å². The first kappa shape index (κ1) is 16.5. The summed E-state index contributed by atoms with van der Waals surface area (Å²) in [6, 6.07) is 2.54. The van der Waals surface area contributed by atoms with Crippen LogP contribution in [0.1, 0.15) is 53.8 Å². The number of carbonyl (C=O) groups is 1. The Morgan fingerprint density at radius 3 is 2.86 bits per heavy atom. The summed E-state index contributed by atoms with van der Waals surface area (Å²) < 4.78 is 0. The van der Waals surface area contributed by atoms with Gasteiger partial charge in [-0.15, -0.1) is 11.3 Å². The van der Waals surface area contributed by atoms with Gasteiger partial charge in [0, 0.05) is 22.8 Å². The van der Waals surface area contributed by atoms with E-state index < -0.39 is 5.97 Å². The number of carboxylic acids is 1. The summed E-state index contributed by atoms with van der Waals surface area (Å²) in [5.41, 5.74) is 0.397. The van der Waals surface area contributed by atoms with E-state index >= 15 is 0 Å². The molecule has 0 bridgehead atoms. The van der Waals surface area contributed by atoms with Crippen LogP contribution < -0.4 is 5.32 Å². The van der Waals surface area contributed by atoms with Gasteiger partial charge in [0.2, 0.25) is 0 Å². The molecule has 4 nitrogen and oxygen atoms in total. The molecule has 1 aliphatic rings. The molecule has 2 rings (SSSR count). The zero-order chi connectivity index (χ0) is 15.1. The van der Waals surface area contributed by atoms with Crippen molar-refractivity contribution in [2.75, 3.05) is 20.1 Å². The Bertz CT molecular complexity index is 441. The molecule has 0 aliphatic heterocycles. The minimum Gasteiger partial charge on any atom is -0.478 e. The van der Waals surface area contributed by atoms with Crippen molar-refractivity contribution in [2.45, 2.75) is 51.1 Å². The maximum Gasteiger partial charge on any atom is 0.336 e. The van der Waals surface area contributed by atoms with Crippen molar-refractivity contribution < 1.29 is 9.90 Å². The van der Waals surface area contributed by atoms with Crippen LogP contribution in [0, 0.1) is 0 Å². The lowest BCUT2D eigenvalue weighted by Crippen LogP contribution is -2.35. The van der Waals surface area contributed by atoms with Crippen LogP contribution in [0.25, 0.3) is 0 Å². The first-order valence-electron chi connectivity index (χ1n) is 7.88. The van der Waals surface area contributed by atoms with Gasteiger partial charge in [-0.3, -0.25) is 0 Å². The molecule has 0 saturated heterocycles. The van der Waals surface area contributed by atoms with Crippen molar-refractivity contribution in [1.29, 1.82) is 0 Å². The van der Waals surface area contributed by atoms with Crippen LogP contribution in [-0.2, 0) is 6.54 Å². The van der Waals surface area contributed by atoms with E-state index in [1.807, 2.05) is 0 Å². The number of rotatable bonds is 8. The fraction of sp³-hybridized carbons (Fsp3) is 0.688. The zero-order valence-corrected chi connectivity index (χ0v) is 13.6.